The summed E-state index contributed by atoms with van der Waals surface area (Å²) in [5, 5.41) is 33.3. The molecule has 2 aromatic heterocycles. The van der Waals surface area contributed by atoms with Crippen LogP contribution in [0.3, 0.4) is 0 Å². The van der Waals surface area contributed by atoms with Crippen molar-refractivity contribution in [3.8, 4) is 11.5 Å². The van der Waals surface area contributed by atoms with Crippen molar-refractivity contribution >= 4 is 0 Å². The Bertz CT molecular complexity index is 1210. The number of phenols is 1. The first-order chi connectivity index (χ1) is 19.8. The Morgan fingerprint density at radius 1 is 1.05 bits per heavy atom. The number of ether oxygens (including phenoxy) is 1. The monoisotopic (exact) mass is 566 g/mol. The molecule has 1 aliphatic carbocycles. The van der Waals surface area contributed by atoms with Crippen LogP contribution in [0, 0.1) is 0 Å². The summed E-state index contributed by atoms with van der Waals surface area (Å²) in [7, 11) is 0. The second-order valence-corrected chi connectivity index (χ2v) is 12.1. The number of aliphatic hydroxyl groups excluding tert-OH is 2. The van der Waals surface area contributed by atoms with E-state index < -0.39 is 0 Å². The molecule has 2 atom stereocenters. The van der Waals surface area contributed by atoms with Gasteiger partial charge < -0.3 is 34.8 Å². The van der Waals surface area contributed by atoms with Crippen molar-refractivity contribution in [2.24, 2.45) is 0 Å². The highest BCUT2D eigenvalue weighted by Crippen LogP contribution is 2.41. The van der Waals surface area contributed by atoms with Gasteiger partial charge in [-0.25, -0.2) is 0 Å². The van der Waals surface area contributed by atoms with Crippen molar-refractivity contribution in [1.29, 1.82) is 0 Å². The van der Waals surface area contributed by atoms with E-state index >= 15 is 0 Å². The van der Waals surface area contributed by atoms with Crippen LogP contribution in [0.1, 0.15) is 106 Å². The van der Waals surface area contributed by atoms with Gasteiger partial charge in [0.1, 0.15) is 11.5 Å². The van der Waals surface area contributed by atoms with Crippen LogP contribution >= 0.6 is 0 Å². The van der Waals surface area contributed by atoms with Crippen molar-refractivity contribution in [2.75, 3.05) is 19.7 Å². The Labute approximate surface area is 245 Å². The maximum absolute atomic E-state index is 10.7. The normalized spacial score (nSPS) is 16.5. The molecule has 0 bridgehead atoms. The Morgan fingerprint density at radius 3 is 2.59 bits per heavy atom. The molecule has 41 heavy (non-hydrogen) atoms. The zero-order chi connectivity index (χ0) is 29.2. The number of nitrogens with one attached hydrogen (secondary N) is 2. The third kappa shape index (κ3) is 8.40. The number of aryl methyl sites for hydroxylation is 3. The summed E-state index contributed by atoms with van der Waals surface area (Å²) >= 11 is 0. The largest absolute Gasteiger partial charge is 0.504 e. The minimum atomic E-state index is -0.353. The molecule has 0 spiro atoms. The predicted octanol–water partition coefficient (Wildman–Crippen LogP) is 6.29. The zero-order valence-electron chi connectivity index (χ0n) is 25.2. The molecule has 0 amide bonds. The molecule has 7 nitrogen and oxygen atoms in total. The van der Waals surface area contributed by atoms with E-state index in [0.717, 1.165) is 87.0 Å². The van der Waals surface area contributed by atoms with Crippen LogP contribution in [0.15, 0.2) is 40.9 Å². The molecule has 2 heterocycles. The molecule has 226 valence electrons. The average Bonchev–Trinajstić information content (AvgIpc) is 3.63. The van der Waals surface area contributed by atoms with E-state index in [9.17, 15) is 15.3 Å². The minimum absolute atomic E-state index is 0.00257. The van der Waals surface area contributed by atoms with Crippen LogP contribution in [-0.2, 0) is 31.3 Å². The highest BCUT2D eigenvalue weighted by molar-refractivity contribution is 5.42. The van der Waals surface area contributed by atoms with E-state index in [1.165, 1.54) is 17.7 Å². The number of phenolic OH excluding ortho intramolecular Hbond substituents is 1. The number of unbranched alkanes of at least 4 members (excludes halogenated alkanes) is 1. The first-order valence-corrected chi connectivity index (χ1v) is 15.6. The molecule has 0 radical (unpaired) electrons. The van der Waals surface area contributed by atoms with E-state index in [1.807, 2.05) is 18.2 Å². The molecule has 1 saturated carbocycles. The van der Waals surface area contributed by atoms with Crippen molar-refractivity contribution in [2.45, 2.75) is 109 Å². The maximum Gasteiger partial charge on any atom is 0.161 e. The molecule has 1 aromatic carbocycles. The van der Waals surface area contributed by atoms with Gasteiger partial charge in [0, 0.05) is 48.8 Å². The summed E-state index contributed by atoms with van der Waals surface area (Å²) in [5.41, 5.74) is 4.32. The lowest BCUT2D eigenvalue weighted by atomic mass is 9.72. The lowest BCUT2D eigenvalue weighted by Crippen LogP contribution is -2.36. The van der Waals surface area contributed by atoms with E-state index in [2.05, 4.69) is 36.4 Å². The molecule has 1 fully saturated rings. The van der Waals surface area contributed by atoms with Crippen molar-refractivity contribution in [3.63, 3.8) is 0 Å². The number of aromatic nitrogens is 1. The molecule has 0 aliphatic heterocycles. The van der Waals surface area contributed by atoms with Gasteiger partial charge in [-0.1, -0.05) is 45.6 Å². The van der Waals surface area contributed by atoms with Gasteiger partial charge in [-0.2, -0.15) is 0 Å². The van der Waals surface area contributed by atoms with Crippen molar-refractivity contribution < 1.29 is 24.5 Å². The molecule has 4 rings (SSSR count). The van der Waals surface area contributed by atoms with Gasteiger partial charge in [0.05, 0.1) is 19.3 Å². The fourth-order valence-corrected chi connectivity index (χ4v) is 6.00. The van der Waals surface area contributed by atoms with E-state index in [1.54, 1.807) is 13.0 Å². The van der Waals surface area contributed by atoms with Gasteiger partial charge in [0.2, 0.25) is 0 Å². The summed E-state index contributed by atoms with van der Waals surface area (Å²) in [6, 6.07) is 9.89. The first-order valence-electron chi connectivity index (χ1n) is 15.6. The van der Waals surface area contributed by atoms with Gasteiger partial charge in [-0.05, 0) is 73.9 Å². The fourth-order valence-electron chi connectivity index (χ4n) is 6.00. The summed E-state index contributed by atoms with van der Waals surface area (Å²) in [5.74, 6) is 2.79. The molecule has 7 heteroatoms. The van der Waals surface area contributed by atoms with Crippen LogP contribution in [0.25, 0.3) is 0 Å². The Balaban J connectivity index is 1.42. The first kappa shape index (κ1) is 31.2. The Hall–Kier alpha value is -2.74. The highest BCUT2D eigenvalue weighted by atomic mass is 16.5. The Kier molecular flexibility index (Phi) is 11.4. The van der Waals surface area contributed by atoms with E-state index in [4.69, 9.17) is 9.15 Å². The lowest BCUT2D eigenvalue weighted by Gasteiger charge is -2.36. The summed E-state index contributed by atoms with van der Waals surface area (Å²) in [6.07, 6.45) is 11.9. The SMILES string of the molecule is CCCCc1oc(CCc2ccc(O)c(OCC3(c4cc(C(C)CNCC(C)O)c[nH]4)CCCCC3)c2)cc1CO. The van der Waals surface area contributed by atoms with Gasteiger partial charge in [0.25, 0.3) is 0 Å². The van der Waals surface area contributed by atoms with Gasteiger partial charge >= 0.3 is 0 Å². The smallest absolute Gasteiger partial charge is 0.161 e. The fraction of sp³-hybridized carbons (Fsp3) is 0.588. The summed E-state index contributed by atoms with van der Waals surface area (Å²) < 4.78 is 12.5. The topological polar surface area (TPSA) is 111 Å². The van der Waals surface area contributed by atoms with E-state index in [0.29, 0.717) is 24.8 Å². The molecule has 2 unspecified atom stereocenters. The molecular weight excluding hydrogens is 516 g/mol. The third-order valence-corrected chi connectivity index (χ3v) is 8.61. The van der Waals surface area contributed by atoms with Gasteiger partial charge in [-0.15, -0.1) is 0 Å². The summed E-state index contributed by atoms with van der Waals surface area (Å²) in [6.45, 7) is 8.07. The zero-order valence-corrected chi connectivity index (χ0v) is 25.2. The average molecular weight is 567 g/mol. The van der Waals surface area contributed by atoms with Crippen LogP contribution < -0.4 is 10.1 Å². The molecular formula is C34H50N2O5. The molecule has 1 aliphatic rings. The number of aliphatic hydroxyl groups is 2. The minimum Gasteiger partial charge on any atom is -0.504 e. The quantitative estimate of drug-likeness (QED) is 0.139. The number of hydrogen-bond donors (Lipinski definition) is 5. The van der Waals surface area contributed by atoms with Gasteiger partial charge in [-0.3, -0.25) is 0 Å². The van der Waals surface area contributed by atoms with E-state index in [-0.39, 0.29) is 23.9 Å². The number of aromatic amines is 1. The standard InChI is InChI=1S/C34H50N2O5/c1-4-5-9-31-28(22-37)17-29(41-31)12-10-26-11-13-30(39)32(16-26)40-23-34(14-7-6-8-15-34)33-18-27(21-36-33)24(2)19-35-20-25(3)38/h11,13,16-18,21,24-25,35-39H,4-10,12,14-15,19-20,22-23H2,1-3H3. The van der Waals surface area contributed by atoms with Crippen LogP contribution in [0.2, 0.25) is 0 Å². The second kappa shape index (κ2) is 14.9. The van der Waals surface area contributed by atoms with Crippen LogP contribution in [0.4, 0.5) is 0 Å². The third-order valence-electron chi connectivity index (χ3n) is 8.61. The number of aromatic hydroxyl groups is 1. The highest BCUT2D eigenvalue weighted by Gasteiger charge is 2.36. The van der Waals surface area contributed by atoms with Crippen molar-refractivity contribution in [3.05, 3.63) is 70.4 Å². The Morgan fingerprint density at radius 2 is 1.85 bits per heavy atom. The number of furan rings is 1. The second-order valence-electron chi connectivity index (χ2n) is 12.1. The summed E-state index contributed by atoms with van der Waals surface area (Å²) in [4.78, 5) is 3.57. The maximum atomic E-state index is 10.7. The predicted molar refractivity (Wildman–Crippen MR) is 163 cm³/mol. The number of H-pyrrole nitrogens is 1. The number of hydrogen-bond acceptors (Lipinski definition) is 6. The molecule has 5 N–H and O–H groups in total. The van der Waals surface area contributed by atoms with Crippen LogP contribution in [-0.4, -0.2) is 46.1 Å². The molecule has 3 aromatic rings. The van der Waals surface area contributed by atoms with Crippen molar-refractivity contribution in [1.82, 2.24) is 10.3 Å². The number of rotatable bonds is 16. The molecule has 0 saturated heterocycles. The van der Waals surface area contributed by atoms with Crippen LogP contribution in [0.5, 0.6) is 11.5 Å². The van der Waals surface area contributed by atoms with Gasteiger partial charge in [0.15, 0.2) is 11.5 Å². The lowest BCUT2D eigenvalue weighted by molar-refractivity contribution is 0.162. The number of benzene rings is 1.